The van der Waals surface area contributed by atoms with Crippen LogP contribution in [0.2, 0.25) is 0 Å². The minimum Gasteiger partial charge on any atom is -0.122 e. The molecule has 0 nitrogen and oxygen atoms in total. The van der Waals surface area contributed by atoms with Crippen LogP contribution in [0.3, 0.4) is 0 Å². The molecular weight excluding hydrogens is 262 g/mol. The maximum Gasteiger partial charge on any atom is 0.0591 e. The van der Waals surface area contributed by atoms with Gasteiger partial charge in [-0.05, 0) is 19.8 Å². The zero-order valence-electron chi connectivity index (χ0n) is 8.24. The molecule has 1 aliphatic carbocycles. The summed E-state index contributed by atoms with van der Waals surface area (Å²) in [6.45, 7) is 4.02. The first-order chi connectivity index (χ1) is 6.32. The van der Waals surface area contributed by atoms with Crippen molar-refractivity contribution in [2.45, 2.75) is 42.3 Å². The third kappa shape index (κ3) is 2.52. The third-order valence-corrected chi connectivity index (χ3v) is 4.92. The van der Waals surface area contributed by atoms with E-state index in [1.807, 2.05) is 13.0 Å². The van der Waals surface area contributed by atoms with E-state index < -0.39 is 4.87 Å². The second kappa shape index (κ2) is 4.41. The highest BCUT2D eigenvalue weighted by Gasteiger charge is 2.47. The fourth-order valence-corrected chi connectivity index (χ4v) is 3.31. The Morgan fingerprint density at radius 1 is 1.21 bits per heavy atom. The number of hydrogen-bond donors (Lipinski definition) is 0. The van der Waals surface area contributed by atoms with Gasteiger partial charge in [0.2, 0.25) is 0 Å². The SMILES string of the molecule is C[C@]1(/C=C/Cl)C[C@@](C)(Cl)[C@H](Cl)C[C@@H]1Cl. The molecule has 0 heterocycles. The van der Waals surface area contributed by atoms with E-state index >= 15 is 0 Å². The van der Waals surface area contributed by atoms with E-state index in [0.29, 0.717) is 6.42 Å². The predicted molar refractivity (Wildman–Crippen MR) is 65.9 cm³/mol. The summed E-state index contributed by atoms with van der Waals surface area (Å²) in [5.74, 6) is 0. The van der Waals surface area contributed by atoms with Crippen molar-refractivity contribution in [3.05, 3.63) is 11.6 Å². The molecule has 1 saturated carbocycles. The van der Waals surface area contributed by atoms with E-state index in [-0.39, 0.29) is 16.2 Å². The van der Waals surface area contributed by atoms with E-state index in [4.69, 9.17) is 46.4 Å². The molecular formula is C10H14Cl4. The Balaban J connectivity index is 2.89. The van der Waals surface area contributed by atoms with Crippen LogP contribution < -0.4 is 0 Å². The Morgan fingerprint density at radius 3 is 2.29 bits per heavy atom. The second-order valence-corrected chi connectivity index (χ2v) is 6.59. The molecule has 0 bridgehead atoms. The molecule has 0 aromatic carbocycles. The van der Waals surface area contributed by atoms with Crippen LogP contribution >= 0.6 is 46.4 Å². The molecule has 0 aliphatic heterocycles. The first-order valence-electron chi connectivity index (χ1n) is 4.57. The van der Waals surface area contributed by atoms with Gasteiger partial charge < -0.3 is 0 Å². The maximum atomic E-state index is 6.34. The minimum absolute atomic E-state index is 0.00757. The van der Waals surface area contributed by atoms with E-state index in [1.165, 1.54) is 5.54 Å². The van der Waals surface area contributed by atoms with Crippen LogP contribution in [0, 0.1) is 5.41 Å². The Bertz CT molecular complexity index is 236. The first-order valence-corrected chi connectivity index (χ1v) is 6.25. The Labute approximate surface area is 106 Å². The third-order valence-electron chi connectivity index (χ3n) is 2.95. The normalized spacial score (nSPS) is 49.9. The molecule has 0 radical (unpaired) electrons. The van der Waals surface area contributed by atoms with Gasteiger partial charge >= 0.3 is 0 Å². The van der Waals surface area contributed by atoms with Gasteiger partial charge in [0, 0.05) is 16.3 Å². The summed E-state index contributed by atoms with van der Waals surface area (Å²) in [6.07, 6.45) is 3.36. The quantitative estimate of drug-likeness (QED) is 0.606. The van der Waals surface area contributed by atoms with Crippen LogP contribution in [-0.2, 0) is 0 Å². The Hall–Kier alpha value is 0.900. The number of hydrogen-bond acceptors (Lipinski definition) is 0. The molecule has 0 amide bonds. The van der Waals surface area contributed by atoms with Gasteiger partial charge in [-0.1, -0.05) is 24.6 Å². The number of halogens is 4. The van der Waals surface area contributed by atoms with Gasteiger partial charge in [-0.3, -0.25) is 0 Å². The smallest absolute Gasteiger partial charge is 0.0591 e. The van der Waals surface area contributed by atoms with Gasteiger partial charge in [-0.2, -0.15) is 0 Å². The maximum absolute atomic E-state index is 6.34. The van der Waals surface area contributed by atoms with Gasteiger partial charge in [0.25, 0.3) is 0 Å². The van der Waals surface area contributed by atoms with Crippen molar-refractivity contribution in [3.8, 4) is 0 Å². The number of alkyl halides is 3. The van der Waals surface area contributed by atoms with Gasteiger partial charge in [0.15, 0.2) is 0 Å². The van der Waals surface area contributed by atoms with Crippen molar-refractivity contribution in [2.75, 3.05) is 0 Å². The molecule has 1 rings (SSSR count). The van der Waals surface area contributed by atoms with Crippen LogP contribution in [0.25, 0.3) is 0 Å². The molecule has 0 saturated heterocycles. The fourth-order valence-electron chi connectivity index (χ4n) is 1.97. The molecule has 0 N–H and O–H groups in total. The van der Waals surface area contributed by atoms with Crippen molar-refractivity contribution in [1.29, 1.82) is 0 Å². The van der Waals surface area contributed by atoms with Crippen molar-refractivity contribution < 1.29 is 0 Å². The van der Waals surface area contributed by atoms with E-state index in [9.17, 15) is 0 Å². The highest BCUT2D eigenvalue weighted by atomic mass is 35.5. The van der Waals surface area contributed by atoms with Crippen LogP contribution in [0.5, 0.6) is 0 Å². The summed E-state index contributed by atoms with van der Waals surface area (Å²) >= 11 is 24.4. The lowest BCUT2D eigenvalue weighted by Gasteiger charge is -2.45. The average Bonchev–Trinajstić information content (AvgIpc) is 2.01. The summed E-state index contributed by atoms with van der Waals surface area (Å²) in [5, 5.41) is -0.0877. The van der Waals surface area contributed by atoms with Gasteiger partial charge in [-0.25, -0.2) is 0 Å². The topological polar surface area (TPSA) is 0 Å². The lowest BCUT2D eigenvalue weighted by atomic mass is 9.70. The molecule has 4 atom stereocenters. The summed E-state index contributed by atoms with van der Waals surface area (Å²) in [4.78, 5) is -0.405. The van der Waals surface area contributed by atoms with Crippen LogP contribution in [-0.4, -0.2) is 15.6 Å². The van der Waals surface area contributed by atoms with E-state index in [2.05, 4.69) is 6.92 Å². The summed E-state index contributed by atoms with van der Waals surface area (Å²) in [5.41, 5.74) is 1.35. The standard InChI is InChI=1S/C10H14Cl4/c1-9(3-4-11)6-10(2,14)8(13)5-7(9)12/h3-4,7-8H,5-6H2,1-2H3/b4-3+/t7-,8+,9-,10+/m0/s1. The second-order valence-electron chi connectivity index (χ2n) is 4.42. The molecule has 82 valence electrons. The molecule has 0 spiro atoms. The van der Waals surface area contributed by atoms with Crippen LogP contribution in [0.4, 0.5) is 0 Å². The fraction of sp³-hybridized carbons (Fsp3) is 0.800. The molecule has 1 aliphatic rings. The van der Waals surface area contributed by atoms with Crippen molar-refractivity contribution in [3.63, 3.8) is 0 Å². The van der Waals surface area contributed by atoms with E-state index in [1.54, 1.807) is 0 Å². The lowest BCUT2D eigenvalue weighted by Crippen LogP contribution is -2.47. The molecule has 14 heavy (non-hydrogen) atoms. The van der Waals surface area contributed by atoms with Gasteiger partial charge in [0.05, 0.1) is 10.3 Å². The molecule has 0 aromatic heterocycles. The predicted octanol–water partition coefficient (Wildman–Crippen LogP) is 4.75. The minimum atomic E-state index is -0.405. The molecule has 0 aromatic rings. The molecule has 1 fully saturated rings. The summed E-state index contributed by atoms with van der Waals surface area (Å²) < 4.78 is 0. The largest absolute Gasteiger partial charge is 0.122 e. The number of rotatable bonds is 1. The zero-order valence-corrected chi connectivity index (χ0v) is 11.3. The Morgan fingerprint density at radius 2 is 1.79 bits per heavy atom. The Kier molecular flexibility index (Phi) is 4.09. The average molecular weight is 276 g/mol. The van der Waals surface area contributed by atoms with Crippen LogP contribution in [0.15, 0.2) is 11.6 Å². The summed E-state index contributed by atoms with van der Waals surface area (Å²) in [6, 6.07) is 0. The highest BCUT2D eigenvalue weighted by Crippen LogP contribution is 2.49. The van der Waals surface area contributed by atoms with Gasteiger partial charge in [0.1, 0.15) is 0 Å². The summed E-state index contributed by atoms with van der Waals surface area (Å²) in [7, 11) is 0. The van der Waals surface area contributed by atoms with Crippen LogP contribution in [0.1, 0.15) is 26.7 Å². The molecule has 0 unspecified atom stereocenters. The van der Waals surface area contributed by atoms with Gasteiger partial charge in [-0.15, -0.1) is 34.8 Å². The highest BCUT2D eigenvalue weighted by molar-refractivity contribution is 6.33. The van der Waals surface area contributed by atoms with Crippen molar-refractivity contribution in [2.24, 2.45) is 5.41 Å². The number of allylic oxidation sites excluding steroid dienone is 1. The lowest BCUT2D eigenvalue weighted by molar-refractivity contribution is 0.253. The van der Waals surface area contributed by atoms with E-state index in [0.717, 1.165) is 6.42 Å². The monoisotopic (exact) mass is 274 g/mol. The zero-order chi connectivity index (χ0) is 11.0. The molecule has 4 heteroatoms. The van der Waals surface area contributed by atoms with Crippen molar-refractivity contribution in [1.82, 2.24) is 0 Å². The van der Waals surface area contributed by atoms with Crippen molar-refractivity contribution >= 4 is 46.4 Å². The first kappa shape index (κ1) is 13.0.